The van der Waals surface area contributed by atoms with Crippen LogP contribution in [0.25, 0.3) is 22.4 Å². The fourth-order valence-corrected chi connectivity index (χ4v) is 3.84. The number of benzene rings is 1. The third-order valence-electron chi connectivity index (χ3n) is 4.32. The molecule has 0 bridgehead atoms. The van der Waals surface area contributed by atoms with Crippen molar-refractivity contribution < 1.29 is 13.2 Å². The summed E-state index contributed by atoms with van der Waals surface area (Å²) in [5.41, 5.74) is 0.559. The molecule has 0 atom stereocenters. The van der Waals surface area contributed by atoms with Crippen molar-refractivity contribution in [2.24, 2.45) is 0 Å². The average molecular weight is 404 g/mol. The Balaban J connectivity index is 1.98. The summed E-state index contributed by atoms with van der Waals surface area (Å²) in [6, 6.07) is 7.30. The van der Waals surface area contributed by atoms with Crippen molar-refractivity contribution in [1.82, 2.24) is 18.9 Å². The van der Waals surface area contributed by atoms with Crippen LogP contribution in [0.1, 0.15) is 18.1 Å². The van der Waals surface area contributed by atoms with Gasteiger partial charge >= 0.3 is 6.18 Å². The van der Waals surface area contributed by atoms with E-state index in [1.807, 2.05) is 26.0 Å². The summed E-state index contributed by atoms with van der Waals surface area (Å²) in [6.45, 7) is 3.82. The molecule has 4 rings (SSSR count). The lowest BCUT2D eigenvalue weighted by molar-refractivity contribution is -0.137. The van der Waals surface area contributed by atoms with Gasteiger partial charge in [-0.15, -0.1) is 11.8 Å². The molecular formula is C19H15F3N4OS. The fourth-order valence-electron chi connectivity index (χ4n) is 3.00. The van der Waals surface area contributed by atoms with Crippen LogP contribution in [0, 0.1) is 6.92 Å². The summed E-state index contributed by atoms with van der Waals surface area (Å²) in [7, 11) is 0. The SMILES string of the molecule is CCSc1c(-n2cnc3cc(C)ccc3c2=O)nc2cc(C(F)(F)F)ccn12. The van der Waals surface area contributed by atoms with Gasteiger partial charge in [-0.1, -0.05) is 13.0 Å². The zero-order valence-corrected chi connectivity index (χ0v) is 15.8. The highest BCUT2D eigenvalue weighted by Crippen LogP contribution is 2.32. The van der Waals surface area contributed by atoms with Gasteiger partial charge in [0, 0.05) is 6.20 Å². The highest BCUT2D eigenvalue weighted by molar-refractivity contribution is 7.99. The third kappa shape index (κ3) is 3.05. The zero-order valence-electron chi connectivity index (χ0n) is 15.0. The van der Waals surface area contributed by atoms with Crippen LogP contribution in [0.3, 0.4) is 0 Å². The first-order valence-corrected chi connectivity index (χ1v) is 9.48. The van der Waals surface area contributed by atoms with Gasteiger partial charge < -0.3 is 0 Å². The molecule has 3 heterocycles. The number of pyridine rings is 1. The monoisotopic (exact) mass is 404 g/mol. The Morgan fingerprint density at radius 1 is 1.18 bits per heavy atom. The summed E-state index contributed by atoms with van der Waals surface area (Å²) in [6.07, 6.45) is -1.77. The molecule has 0 fully saturated rings. The van der Waals surface area contributed by atoms with Crippen molar-refractivity contribution in [2.75, 3.05) is 5.75 Å². The number of rotatable bonds is 3. The minimum absolute atomic E-state index is 0.122. The Morgan fingerprint density at radius 3 is 2.68 bits per heavy atom. The molecule has 0 aliphatic carbocycles. The van der Waals surface area contributed by atoms with Gasteiger partial charge in [0.1, 0.15) is 17.0 Å². The highest BCUT2D eigenvalue weighted by atomic mass is 32.2. The molecule has 0 unspecified atom stereocenters. The van der Waals surface area contributed by atoms with Crippen LogP contribution in [0.15, 0.2) is 52.7 Å². The number of imidazole rings is 1. The van der Waals surface area contributed by atoms with E-state index < -0.39 is 11.7 Å². The predicted octanol–water partition coefficient (Wildman–Crippen LogP) is 4.47. The molecule has 4 aromatic rings. The van der Waals surface area contributed by atoms with E-state index in [9.17, 15) is 18.0 Å². The Hall–Kier alpha value is -2.81. The standard InChI is InChI=1S/C19H15F3N4OS/c1-3-28-18-16(24-15-9-12(19(20,21)22)6-7-25(15)18)26-10-23-14-8-11(2)4-5-13(14)17(26)27/h4-10H,3H2,1-2H3. The second-order valence-corrected chi connectivity index (χ2v) is 7.51. The number of aromatic nitrogens is 4. The molecule has 5 nitrogen and oxygen atoms in total. The molecule has 0 saturated carbocycles. The van der Waals surface area contributed by atoms with Gasteiger partial charge in [-0.05, 0) is 42.5 Å². The van der Waals surface area contributed by atoms with E-state index in [0.29, 0.717) is 21.7 Å². The second kappa shape index (κ2) is 6.66. The van der Waals surface area contributed by atoms with Gasteiger partial charge in [-0.2, -0.15) is 13.2 Å². The third-order valence-corrected chi connectivity index (χ3v) is 5.26. The molecule has 28 heavy (non-hydrogen) atoms. The Labute approximate surface area is 161 Å². The van der Waals surface area contributed by atoms with Gasteiger partial charge in [-0.3, -0.25) is 9.20 Å². The van der Waals surface area contributed by atoms with Crippen molar-refractivity contribution in [2.45, 2.75) is 25.0 Å². The first-order chi connectivity index (χ1) is 13.3. The number of halogens is 3. The van der Waals surface area contributed by atoms with Crippen molar-refractivity contribution in [3.8, 4) is 5.82 Å². The van der Waals surface area contributed by atoms with Gasteiger partial charge in [0.25, 0.3) is 5.56 Å². The van der Waals surface area contributed by atoms with Crippen molar-refractivity contribution in [3.63, 3.8) is 0 Å². The lowest BCUT2D eigenvalue weighted by atomic mass is 10.2. The first-order valence-electron chi connectivity index (χ1n) is 8.50. The van der Waals surface area contributed by atoms with Crippen molar-refractivity contribution >= 4 is 28.3 Å². The molecule has 0 aliphatic rings. The number of hydrogen-bond donors (Lipinski definition) is 0. The van der Waals surface area contributed by atoms with E-state index in [0.717, 1.165) is 17.7 Å². The van der Waals surface area contributed by atoms with Crippen LogP contribution >= 0.6 is 11.8 Å². The highest BCUT2D eigenvalue weighted by Gasteiger charge is 2.31. The first kappa shape index (κ1) is 18.5. The van der Waals surface area contributed by atoms with Crippen LogP contribution < -0.4 is 5.56 Å². The van der Waals surface area contributed by atoms with Crippen molar-refractivity contribution in [3.05, 3.63) is 64.3 Å². The normalized spacial score (nSPS) is 12.2. The number of aryl methyl sites for hydroxylation is 1. The molecule has 0 saturated heterocycles. The van der Waals surface area contributed by atoms with E-state index in [1.54, 1.807) is 10.5 Å². The molecule has 0 spiro atoms. The zero-order chi connectivity index (χ0) is 20.1. The van der Waals surface area contributed by atoms with E-state index in [-0.39, 0.29) is 17.0 Å². The van der Waals surface area contributed by atoms with Crippen LogP contribution in [0.2, 0.25) is 0 Å². The number of fused-ring (bicyclic) bond motifs is 2. The molecule has 0 aliphatic heterocycles. The largest absolute Gasteiger partial charge is 0.416 e. The number of hydrogen-bond acceptors (Lipinski definition) is 4. The maximum Gasteiger partial charge on any atom is 0.416 e. The molecule has 9 heteroatoms. The molecule has 0 radical (unpaired) electrons. The average Bonchev–Trinajstić information content (AvgIpc) is 2.99. The lowest BCUT2D eigenvalue weighted by Crippen LogP contribution is -2.19. The van der Waals surface area contributed by atoms with Gasteiger partial charge in [0.15, 0.2) is 5.82 Å². The predicted molar refractivity (Wildman–Crippen MR) is 102 cm³/mol. The number of alkyl halides is 3. The minimum Gasteiger partial charge on any atom is -0.293 e. The Morgan fingerprint density at radius 2 is 1.96 bits per heavy atom. The number of nitrogens with zero attached hydrogens (tertiary/aromatic N) is 4. The van der Waals surface area contributed by atoms with E-state index in [4.69, 9.17) is 0 Å². The Kier molecular flexibility index (Phi) is 4.41. The molecular weight excluding hydrogens is 389 g/mol. The van der Waals surface area contributed by atoms with Crippen LogP contribution in [0.5, 0.6) is 0 Å². The van der Waals surface area contributed by atoms with E-state index >= 15 is 0 Å². The molecule has 1 aromatic carbocycles. The molecule has 144 valence electrons. The summed E-state index contributed by atoms with van der Waals surface area (Å²) in [4.78, 5) is 21.6. The second-order valence-electron chi connectivity index (χ2n) is 6.26. The minimum atomic E-state index is -4.47. The topological polar surface area (TPSA) is 52.2 Å². The van der Waals surface area contributed by atoms with Crippen LogP contribution in [-0.4, -0.2) is 24.7 Å². The van der Waals surface area contributed by atoms with Crippen LogP contribution in [-0.2, 0) is 6.18 Å². The van der Waals surface area contributed by atoms with E-state index in [1.165, 1.54) is 28.9 Å². The van der Waals surface area contributed by atoms with Crippen LogP contribution in [0.4, 0.5) is 13.2 Å². The number of thioether (sulfide) groups is 1. The fraction of sp³-hybridized carbons (Fsp3) is 0.211. The van der Waals surface area contributed by atoms with E-state index in [2.05, 4.69) is 9.97 Å². The summed E-state index contributed by atoms with van der Waals surface area (Å²) in [5, 5.41) is 1.01. The molecule has 3 aromatic heterocycles. The summed E-state index contributed by atoms with van der Waals surface area (Å²) < 4.78 is 42.0. The van der Waals surface area contributed by atoms with Crippen molar-refractivity contribution in [1.29, 1.82) is 0 Å². The summed E-state index contributed by atoms with van der Waals surface area (Å²) in [5.74, 6) is 0.933. The quantitative estimate of drug-likeness (QED) is 0.473. The maximum absolute atomic E-state index is 13.1. The molecule has 0 amide bonds. The Bertz CT molecular complexity index is 1260. The maximum atomic E-state index is 13.1. The molecule has 0 N–H and O–H groups in total. The van der Waals surface area contributed by atoms with Gasteiger partial charge in [0.2, 0.25) is 0 Å². The smallest absolute Gasteiger partial charge is 0.293 e. The lowest BCUT2D eigenvalue weighted by Gasteiger charge is -2.08. The van der Waals surface area contributed by atoms with Gasteiger partial charge in [-0.25, -0.2) is 14.5 Å². The van der Waals surface area contributed by atoms with Gasteiger partial charge in [0.05, 0.1) is 16.5 Å². The summed E-state index contributed by atoms with van der Waals surface area (Å²) >= 11 is 1.39.